The van der Waals surface area contributed by atoms with Crippen molar-refractivity contribution in [3.63, 3.8) is 0 Å². The molecule has 0 bridgehead atoms. The fourth-order valence-corrected chi connectivity index (χ4v) is 0.921. The largest absolute Gasteiger partial charge is 0.494 e. The molecule has 0 rings (SSSR count). The van der Waals surface area contributed by atoms with Gasteiger partial charge in [0.2, 0.25) is 0 Å². The van der Waals surface area contributed by atoms with Crippen molar-refractivity contribution in [2.45, 2.75) is 48.0 Å². The first-order chi connectivity index (χ1) is 9.06. The molecular formula is C16H30O3. The Morgan fingerprint density at radius 3 is 1.89 bits per heavy atom. The van der Waals surface area contributed by atoms with Gasteiger partial charge in [0.05, 0.1) is 13.7 Å². The Balaban J connectivity index is -0.000000579. The maximum atomic E-state index is 11.4. The normalized spacial score (nSPS) is 9.11. The van der Waals surface area contributed by atoms with Gasteiger partial charge < -0.3 is 9.47 Å². The van der Waals surface area contributed by atoms with E-state index in [1.807, 2.05) is 41.5 Å². The fourth-order valence-electron chi connectivity index (χ4n) is 0.921. The standard InChI is InChI=1S/C12H18O3.2C2H6/c1-6-9(3)8-11(12(13)14-5)10(4)15-7-2;2*1-2/h8H,3-4,6-7H2,1-2,5H3;2*1-2H3/b11-8+;;. The van der Waals surface area contributed by atoms with Gasteiger partial charge in [-0.3, -0.25) is 0 Å². The second-order valence-electron chi connectivity index (χ2n) is 2.92. The van der Waals surface area contributed by atoms with Crippen LogP contribution in [-0.4, -0.2) is 19.7 Å². The predicted octanol–water partition coefficient (Wildman–Crippen LogP) is 4.65. The Morgan fingerprint density at radius 1 is 1.11 bits per heavy atom. The number of carbonyl (C=O) groups is 1. The summed E-state index contributed by atoms with van der Waals surface area (Å²) < 4.78 is 9.80. The smallest absolute Gasteiger partial charge is 0.341 e. The molecular weight excluding hydrogens is 240 g/mol. The van der Waals surface area contributed by atoms with E-state index in [0.717, 1.165) is 12.0 Å². The van der Waals surface area contributed by atoms with Crippen molar-refractivity contribution in [2.24, 2.45) is 0 Å². The highest BCUT2D eigenvalue weighted by atomic mass is 16.5. The number of ether oxygens (including phenoxy) is 2. The summed E-state index contributed by atoms with van der Waals surface area (Å²) in [6.45, 7) is 19.7. The van der Waals surface area contributed by atoms with Gasteiger partial charge >= 0.3 is 5.97 Å². The number of allylic oxidation sites excluding steroid dienone is 2. The van der Waals surface area contributed by atoms with Gasteiger partial charge in [0.25, 0.3) is 0 Å². The minimum Gasteiger partial charge on any atom is -0.494 e. The molecule has 0 radical (unpaired) electrons. The second-order valence-corrected chi connectivity index (χ2v) is 2.92. The quantitative estimate of drug-likeness (QED) is 0.305. The second kappa shape index (κ2) is 16.5. The van der Waals surface area contributed by atoms with Crippen LogP contribution in [0.3, 0.4) is 0 Å². The predicted molar refractivity (Wildman–Crippen MR) is 83.0 cm³/mol. The molecule has 3 nitrogen and oxygen atoms in total. The minimum absolute atomic E-state index is 0.318. The van der Waals surface area contributed by atoms with Crippen LogP contribution in [0.15, 0.2) is 36.1 Å². The lowest BCUT2D eigenvalue weighted by atomic mass is 10.1. The summed E-state index contributed by atoms with van der Waals surface area (Å²) in [6, 6.07) is 0. The van der Waals surface area contributed by atoms with E-state index >= 15 is 0 Å². The molecule has 19 heavy (non-hydrogen) atoms. The van der Waals surface area contributed by atoms with Crippen LogP contribution >= 0.6 is 0 Å². The summed E-state index contributed by atoms with van der Waals surface area (Å²) in [5, 5.41) is 0. The van der Waals surface area contributed by atoms with Crippen molar-refractivity contribution in [3.8, 4) is 0 Å². The van der Waals surface area contributed by atoms with E-state index in [9.17, 15) is 4.79 Å². The van der Waals surface area contributed by atoms with Gasteiger partial charge in [0, 0.05) is 0 Å². The van der Waals surface area contributed by atoms with E-state index in [0.29, 0.717) is 17.9 Å². The third-order valence-corrected chi connectivity index (χ3v) is 1.83. The molecule has 0 heterocycles. The molecule has 0 saturated heterocycles. The molecule has 0 amide bonds. The summed E-state index contributed by atoms with van der Waals surface area (Å²) in [5.74, 6) is -0.137. The van der Waals surface area contributed by atoms with Gasteiger partial charge in [-0.15, -0.1) is 0 Å². The maximum absolute atomic E-state index is 11.4. The van der Waals surface area contributed by atoms with Crippen LogP contribution in [0.4, 0.5) is 0 Å². The van der Waals surface area contributed by atoms with Crippen LogP contribution in [0.1, 0.15) is 48.0 Å². The maximum Gasteiger partial charge on any atom is 0.341 e. The highest BCUT2D eigenvalue weighted by molar-refractivity contribution is 5.93. The van der Waals surface area contributed by atoms with E-state index in [-0.39, 0.29) is 0 Å². The van der Waals surface area contributed by atoms with Crippen molar-refractivity contribution in [3.05, 3.63) is 36.1 Å². The third kappa shape index (κ3) is 11.3. The van der Waals surface area contributed by atoms with Crippen molar-refractivity contribution in [2.75, 3.05) is 13.7 Å². The van der Waals surface area contributed by atoms with E-state index in [1.165, 1.54) is 7.11 Å². The zero-order valence-corrected chi connectivity index (χ0v) is 13.6. The van der Waals surface area contributed by atoms with Crippen LogP contribution < -0.4 is 0 Å². The topological polar surface area (TPSA) is 35.5 Å². The third-order valence-electron chi connectivity index (χ3n) is 1.83. The molecule has 0 aromatic heterocycles. The lowest BCUT2D eigenvalue weighted by Gasteiger charge is -2.09. The first-order valence-corrected chi connectivity index (χ1v) is 6.86. The Labute approximate surface area is 119 Å². The van der Waals surface area contributed by atoms with Crippen LogP contribution in [-0.2, 0) is 14.3 Å². The van der Waals surface area contributed by atoms with E-state index in [1.54, 1.807) is 6.08 Å². The molecule has 0 atom stereocenters. The first kappa shape index (κ1) is 22.7. The average Bonchev–Trinajstić information content (AvgIpc) is 2.47. The Bertz CT molecular complexity index is 288. The van der Waals surface area contributed by atoms with E-state index in [4.69, 9.17) is 4.74 Å². The molecule has 0 saturated carbocycles. The molecule has 0 unspecified atom stereocenters. The Kier molecular flexibility index (Phi) is 19.7. The lowest BCUT2D eigenvalue weighted by molar-refractivity contribution is -0.136. The van der Waals surface area contributed by atoms with Crippen molar-refractivity contribution in [1.29, 1.82) is 0 Å². The van der Waals surface area contributed by atoms with E-state index in [2.05, 4.69) is 17.9 Å². The molecule has 0 fully saturated rings. The Hall–Kier alpha value is -1.51. The number of hydrogen-bond donors (Lipinski definition) is 0. The zero-order chi connectivity index (χ0) is 15.8. The molecule has 0 aromatic rings. The van der Waals surface area contributed by atoms with Gasteiger partial charge in [0.1, 0.15) is 11.3 Å². The van der Waals surface area contributed by atoms with E-state index < -0.39 is 5.97 Å². The van der Waals surface area contributed by atoms with Gasteiger partial charge in [-0.05, 0) is 19.4 Å². The molecule has 0 aliphatic rings. The zero-order valence-electron chi connectivity index (χ0n) is 13.6. The van der Waals surface area contributed by atoms with Crippen molar-refractivity contribution < 1.29 is 14.3 Å². The van der Waals surface area contributed by atoms with Crippen LogP contribution in [0.5, 0.6) is 0 Å². The molecule has 0 N–H and O–H groups in total. The number of hydrogen-bond acceptors (Lipinski definition) is 3. The summed E-state index contributed by atoms with van der Waals surface area (Å²) in [4.78, 5) is 11.4. The van der Waals surface area contributed by atoms with Gasteiger partial charge in [-0.2, -0.15) is 0 Å². The highest BCUT2D eigenvalue weighted by Crippen LogP contribution is 2.14. The molecule has 0 aliphatic carbocycles. The molecule has 3 heteroatoms. The number of methoxy groups -OCH3 is 1. The summed E-state index contributed by atoms with van der Waals surface area (Å²) in [5.41, 5.74) is 1.16. The Morgan fingerprint density at radius 2 is 1.58 bits per heavy atom. The fraction of sp³-hybridized carbons (Fsp3) is 0.562. The van der Waals surface area contributed by atoms with Gasteiger partial charge in [-0.1, -0.05) is 53.3 Å². The molecule has 0 spiro atoms. The molecule has 112 valence electrons. The van der Waals surface area contributed by atoms with Crippen LogP contribution in [0, 0.1) is 0 Å². The first-order valence-electron chi connectivity index (χ1n) is 6.86. The average molecular weight is 270 g/mol. The molecule has 0 aliphatic heterocycles. The molecule has 0 aromatic carbocycles. The van der Waals surface area contributed by atoms with Crippen molar-refractivity contribution in [1.82, 2.24) is 0 Å². The van der Waals surface area contributed by atoms with Crippen molar-refractivity contribution >= 4 is 5.97 Å². The summed E-state index contributed by atoms with van der Waals surface area (Å²) in [7, 11) is 1.32. The van der Waals surface area contributed by atoms with Crippen LogP contribution in [0.25, 0.3) is 0 Å². The number of rotatable bonds is 6. The monoisotopic (exact) mass is 270 g/mol. The highest BCUT2D eigenvalue weighted by Gasteiger charge is 2.14. The summed E-state index contributed by atoms with van der Waals surface area (Å²) in [6.07, 6.45) is 2.41. The van der Waals surface area contributed by atoms with Gasteiger partial charge in [0.15, 0.2) is 0 Å². The SMILES string of the molecule is C=C(/C=C(\C(=C)OCC)C(=O)OC)CC.CC.CC. The minimum atomic E-state index is -0.456. The lowest BCUT2D eigenvalue weighted by Crippen LogP contribution is -2.09. The summed E-state index contributed by atoms with van der Waals surface area (Å²) >= 11 is 0. The number of esters is 1. The van der Waals surface area contributed by atoms with Crippen LogP contribution in [0.2, 0.25) is 0 Å². The number of carbonyl (C=O) groups excluding carboxylic acids is 1. The van der Waals surface area contributed by atoms with Gasteiger partial charge in [-0.25, -0.2) is 4.79 Å².